The van der Waals surface area contributed by atoms with E-state index in [0.29, 0.717) is 12.5 Å². The zero-order chi connectivity index (χ0) is 18.4. The van der Waals surface area contributed by atoms with Gasteiger partial charge in [0.2, 0.25) is 0 Å². The summed E-state index contributed by atoms with van der Waals surface area (Å²) < 4.78 is 5.64. The zero-order valence-corrected chi connectivity index (χ0v) is 15.6. The molecule has 6 nitrogen and oxygen atoms in total. The lowest BCUT2D eigenvalue weighted by Gasteiger charge is -2.31. The Balaban J connectivity index is 1.48. The van der Waals surface area contributed by atoms with Crippen LogP contribution in [0.2, 0.25) is 0 Å². The number of aliphatic hydroxyl groups is 1. The van der Waals surface area contributed by atoms with Crippen molar-refractivity contribution >= 4 is 11.6 Å². The van der Waals surface area contributed by atoms with Gasteiger partial charge >= 0.3 is 0 Å². The summed E-state index contributed by atoms with van der Waals surface area (Å²) in [6, 6.07) is 9.76. The fraction of sp³-hybridized carbons (Fsp3) is 0.500. The monoisotopic (exact) mass is 356 g/mol. The third-order valence-corrected chi connectivity index (χ3v) is 4.58. The van der Waals surface area contributed by atoms with Gasteiger partial charge in [0.05, 0.1) is 0 Å². The highest BCUT2D eigenvalue weighted by Gasteiger charge is 2.18. The molecule has 0 spiro atoms. The molecule has 1 saturated heterocycles. The Bertz CT molecular complexity index is 710. The summed E-state index contributed by atoms with van der Waals surface area (Å²) in [5.41, 5.74) is 1.13. The third-order valence-electron chi connectivity index (χ3n) is 4.58. The molecule has 26 heavy (non-hydrogen) atoms. The van der Waals surface area contributed by atoms with Crippen molar-refractivity contribution in [2.75, 3.05) is 36.5 Å². The average molecular weight is 356 g/mol. The lowest BCUT2D eigenvalue weighted by Crippen LogP contribution is -2.35. The molecule has 6 heteroatoms. The Morgan fingerprint density at radius 1 is 1.35 bits per heavy atom. The first-order chi connectivity index (χ1) is 12.6. The third kappa shape index (κ3) is 5.33. The quantitative estimate of drug-likeness (QED) is 0.795. The molecule has 2 N–H and O–H groups in total. The van der Waals surface area contributed by atoms with Gasteiger partial charge in [0.1, 0.15) is 36.4 Å². The molecule has 0 aliphatic carbocycles. The number of hydrogen-bond acceptors (Lipinski definition) is 6. The van der Waals surface area contributed by atoms with Crippen LogP contribution in [0.15, 0.2) is 36.7 Å². The Morgan fingerprint density at radius 3 is 3.04 bits per heavy atom. The summed E-state index contributed by atoms with van der Waals surface area (Å²) in [6.07, 6.45) is 3.43. The molecule has 1 aliphatic rings. The van der Waals surface area contributed by atoms with Gasteiger partial charge in [-0.25, -0.2) is 9.97 Å². The Kier molecular flexibility index (Phi) is 6.28. The van der Waals surface area contributed by atoms with Crippen LogP contribution in [-0.4, -0.2) is 47.4 Å². The molecule has 2 unspecified atom stereocenters. The summed E-state index contributed by atoms with van der Waals surface area (Å²) >= 11 is 0. The number of aryl methyl sites for hydroxylation is 1. The number of nitrogens with one attached hydrogen (secondary N) is 1. The van der Waals surface area contributed by atoms with E-state index in [9.17, 15) is 5.11 Å². The van der Waals surface area contributed by atoms with Crippen molar-refractivity contribution in [2.24, 2.45) is 5.92 Å². The maximum absolute atomic E-state index is 10.2. The van der Waals surface area contributed by atoms with Crippen LogP contribution < -0.4 is 15.0 Å². The van der Waals surface area contributed by atoms with E-state index >= 15 is 0 Å². The number of aliphatic hydroxyl groups excluding tert-OH is 1. The summed E-state index contributed by atoms with van der Waals surface area (Å²) in [6.45, 7) is 6.96. The van der Waals surface area contributed by atoms with Crippen molar-refractivity contribution in [3.05, 3.63) is 42.2 Å². The Labute approximate surface area is 155 Å². The minimum Gasteiger partial charge on any atom is -0.491 e. The normalized spacial score (nSPS) is 18.4. The topological polar surface area (TPSA) is 70.5 Å². The molecule has 0 amide bonds. The van der Waals surface area contributed by atoms with Crippen LogP contribution in [0.1, 0.15) is 25.3 Å². The summed E-state index contributed by atoms with van der Waals surface area (Å²) in [5.74, 6) is 3.13. The first kappa shape index (κ1) is 18.5. The van der Waals surface area contributed by atoms with Crippen molar-refractivity contribution in [3.63, 3.8) is 0 Å². The van der Waals surface area contributed by atoms with E-state index in [2.05, 4.69) is 27.1 Å². The van der Waals surface area contributed by atoms with Crippen molar-refractivity contribution in [2.45, 2.75) is 32.8 Å². The molecule has 3 rings (SSSR count). The fourth-order valence-corrected chi connectivity index (χ4v) is 3.19. The van der Waals surface area contributed by atoms with Gasteiger partial charge in [-0.2, -0.15) is 0 Å². The van der Waals surface area contributed by atoms with Crippen LogP contribution in [0.4, 0.5) is 11.6 Å². The van der Waals surface area contributed by atoms with E-state index in [1.165, 1.54) is 12.8 Å². The summed E-state index contributed by atoms with van der Waals surface area (Å²) in [5, 5.41) is 13.3. The molecule has 2 atom stereocenters. The predicted octanol–water partition coefficient (Wildman–Crippen LogP) is 2.87. The van der Waals surface area contributed by atoms with Crippen molar-refractivity contribution in [1.29, 1.82) is 0 Å². The number of rotatable bonds is 7. The standard InChI is InChI=1S/C20H28N4O2/c1-15-5-3-7-18(9-15)26-13-17(25)11-21-19-10-20(23-14-22-19)24-8-4-6-16(2)12-24/h3,5,7,9-10,14,16-17,25H,4,6,8,11-13H2,1-2H3,(H,21,22,23). The molecule has 1 aromatic carbocycles. The van der Waals surface area contributed by atoms with Crippen LogP contribution in [0.5, 0.6) is 5.75 Å². The molecule has 0 saturated carbocycles. The van der Waals surface area contributed by atoms with Gasteiger partial charge < -0.3 is 20.1 Å². The van der Waals surface area contributed by atoms with Crippen LogP contribution >= 0.6 is 0 Å². The lowest BCUT2D eigenvalue weighted by molar-refractivity contribution is 0.117. The van der Waals surface area contributed by atoms with Gasteiger partial charge in [-0.15, -0.1) is 0 Å². The van der Waals surface area contributed by atoms with E-state index in [1.807, 2.05) is 37.3 Å². The fourth-order valence-electron chi connectivity index (χ4n) is 3.19. The van der Waals surface area contributed by atoms with Gasteiger partial charge in [0, 0.05) is 25.7 Å². The smallest absolute Gasteiger partial charge is 0.134 e. The van der Waals surface area contributed by atoms with E-state index in [-0.39, 0.29) is 6.61 Å². The molecule has 1 aromatic heterocycles. The molecule has 1 fully saturated rings. The number of nitrogens with zero attached hydrogens (tertiary/aromatic N) is 3. The largest absolute Gasteiger partial charge is 0.491 e. The van der Waals surface area contributed by atoms with E-state index in [0.717, 1.165) is 36.0 Å². The number of ether oxygens (including phenoxy) is 1. The molecule has 2 heterocycles. The molecular formula is C20H28N4O2. The van der Waals surface area contributed by atoms with Gasteiger partial charge in [0.15, 0.2) is 0 Å². The molecular weight excluding hydrogens is 328 g/mol. The highest BCUT2D eigenvalue weighted by atomic mass is 16.5. The summed E-state index contributed by atoms with van der Waals surface area (Å²) in [7, 11) is 0. The van der Waals surface area contributed by atoms with Crippen LogP contribution in [0.3, 0.4) is 0 Å². The number of hydrogen-bond donors (Lipinski definition) is 2. The first-order valence-electron chi connectivity index (χ1n) is 9.28. The van der Waals surface area contributed by atoms with Crippen LogP contribution in [0, 0.1) is 12.8 Å². The molecule has 1 aliphatic heterocycles. The van der Waals surface area contributed by atoms with Gasteiger partial charge in [0.25, 0.3) is 0 Å². The molecule has 140 valence electrons. The zero-order valence-electron chi connectivity index (χ0n) is 15.6. The van der Waals surface area contributed by atoms with Crippen LogP contribution in [-0.2, 0) is 0 Å². The highest BCUT2D eigenvalue weighted by Crippen LogP contribution is 2.22. The predicted molar refractivity (Wildman–Crippen MR) is 104 cm³/mol. The molecule has 2 aromatic rings. The SMILES string of the molecule is Cc1cccc(OCC(O)CNc2cc(N3CCCC(C)C3)ncn2)c1. The van der Waals surface area contributed by atoms with E-state index in [1.54, 1.807) is 6.33 Å². The molecule has 0 bridgehead atoms. The van der Waals surface area contributed by atoms with E-state index in [4.69, 9.17) is 4.74 Å². The molecule has 0 radical (unpaired) electrons. The van der Waals surface area contributed by atoms with Crippen molar-refractivity contribution in [3.8, 4) is 5.75 Å². The van der Waals surface area contributed by atoms with Crippen molar-refractivity contribution < 1.29 is 9.84 Å². The maximum Gasteiger partial charge on any atom is 0.134 e. The minimum atomic E-state index is -0.621. The summed E-state index contributed by atoms with van der Waals surface area (Å²) in [4.78, 5) is 11.0. The first-order valence-corrected chi connectivity index (χ1v) is 9.28. The van der Waals surface area contributed by atoms with Gasteiger partial charge in [-0.3, -0.25) is 0 Å². The van der Waals surface area contributed by atoms with Gasteiger partial charge in [-0.05, 0) is 43.4 Å². The van der Waals surface area contributed by atoms with Crippen LogP contribution in [0.25, 0.3) is 0 Å². The van der Waals surface area contributed by atoms with Gasteiger partial charge in [-0.1, -0.05) is 19.1 Å². The van der Waals surface area contributed by atoms with E-state index < -0.39 is 6.10 Å². The number of piperidine rings is 1. The number of anilines is 2. The lowest BCUT2D eigenvalue weighted by atomic mass is 10.0. The Morgan fingerprint density at radius 2 is 2.23 bits per heavy atom. The second-order valence-electron chi connectivity index (χ2n) is 7.12. The number of aromatic nitrogens is 2. The minimum absolute atomic E-state index is 0.234. The van der Waals surface area contributed by atoms with Crippen molar-refractivity contribution in [1.82, 2.24) is 9.97 Å². The number of benzene rings is 1. The Hall–Kier alpha value is -2.34. The average Bonchev–Trinajstić information content (AvgIpc) is 2.65. The second kappa shape index (κ2) is 8.85. The highest BCUT2D eigenvalue weighted by molar-refractivity contribution is 5.48. The second-order valence-corrected chi connectivity index (χ2v) is 7.12. The maximum atomic E-state index is 10.2.